The van der Waals surface area contributed by atoms with E-state index in [-0.39, 0.29) is 19.1 Å². The van der Waals surface area contributed by atoms with Crippen molar-refractivity contribution >= 4 is 13.7 Å². The minimum absolute atomic E-state index is 0.00211. The van der Waals surface area contributed by atoms with Gasteiger partial charge in [-0.15, -0.1) is 0 Å². The molecule has 0 aliphatic carbocycles. The van der Waals surface area contributed by atoms with Crippen LogP contribution in [0.4, 0.5) is 0 Å². The van der Waals surface area contributed by atoms with E-state index in [0.29, 0.717) is 23.9 Å². The molecule has 0 aliphatic heterocycles. The highest BCUT2D eigenvalue weighted by molar-refractivity contribution is 7.45. The Morgan fingerprint density at radius 3 is 1.07 bits per heavy atom. The highest BCUT2D eigenvalue weighted by Gasteiger charge is 2.24. The minimum Gasteiger partial charge on any atom is -0.756 e. The summed E-state index contributed by atoms with van der Waals surface area (Å²) in [6.45, 7) is 4.61. The van der Waals surface area contributed by atoms with Crippen LogP contribution in [0, 0.1) is 0 Å². The van der Waals surface area contributed by atoms with Crippen molar-refractivity contribution in [1.29, 1.82) is 0 Å². The number of nitrogens with zero attached hydrogens (tertiary/aromatic N) is 1. The molecule has 0 heterocycles. The van der Waals surface area contributed by atoms with Gasteiger partial charge in [0.15, 0.2) is 0 Å². The molecular formula is C74H135N2O6P. The average Bonchev–Trinajstić information content (AvgIpc) is 3.50. The van der Waals surface area contributed by atoms with Crippen LogP contribution < -0.4 is 10.2 Å². The average molecular weight is 1180 g/mol. The van der Waals surface area contributed by atoms with E-state index < -0.39 is 20.0 Å². The molecule has 0 saturated carbocycles. The monoisotopic (exact) mass is 1180 g/mol. The van der Waals surface area contributed by atoms with Crippen molar-refractivity contribution in [3.8, 4) is 0 Å². The second kappa shape index (κ2) is 63.9. The van der Waals surface area contributed by atoms with Gasteiger partial charge in [-0.2, -0.15) is 0 Å². The van der Waals surface area contributed by atoms with Crippen molar-refractivity contribution in [2.24, 2.45) is 0 Å². The summed E-state index contributed by atoms with van der Waals surface area (Å²) in [6.07, 6.45) is 92.0. The lowest BCUT2D eigenvalue weighted by Crippen LogP contribution is -2.46. The van der Waals surface area contributed by atoms with Gasteiger partial charge in [0.05, 0.1) is 39.9 Å². The number of quaternary nitrogens is 1. The third kappa shape index (κ3) is 66.8. The van der Waals surface area contributed by atoms with E-state index in [2.05, 4.69) is 116 Å². The number of phosphoric ester groups is 1. The molecule has 83 heavy (non-hydrogen) atoms. The van der Waals surface area contributed by atoms with Crippen LogP contribution in [0.5, 0.6) is 0 Å². The molecule has 0 radical (unpaired) electrons. The van der Waals surface area contributed by atoms with Gasteiger partial charge in [0.1, 0.15) is 13.2 Å². The number of nitrogens with one attached hydrogen (secondary N) is 1. The quantitative estimate of drug-likeness (QED) is 0.0272. The maximum Gasteiger partial charge on any atom is 0.268 e. The Bertz CT molecular complexity index is 1670. The van der Waals surface area contributed by atoms with Gasteiger partial charge in [-0.25, -0.2) is 0 Å². The molecular weight excluding hydrogens is 1040 g/mol. The van der Waals surface area contributed by atoms with Gasteiger partial charge in [0.2, 0.25) is 5.91 Å². The summed E-state index contributed by atoms with van der Waals surface area (Å²) < 4.78 is 23.5. The number of amides is 1. The molecule has 0 aliphatic rings. The molecule has 482 valence electrons. The SMILES string of the molecule is CC/C=C\C/C=C\C/C=C\C/C=C\C/C=C\C/C=C\C/C=C\C/C=C\CCCCCCC(=O)NC(COP(=O)([O-])OCC[N+](C)(C)C)C(O)CCCCCCCCCCCCCCCCCCCCCCCCCCCCCCCCCC. The van der Waals surface area contributed by atoms with Crippen LogP contribution in [0.3, 0.4) is 0 Å². The van der Waals surface area contributed by atoms with E-state index in [0.717, 1.165) is 103 Å². The number of carbonyl (C=O) groups is 1. The fourth-order valence-electron chi connectivity index (χ4n) is 10.2. The summed E-state index contributed by atoms with van der Waals surface area (Å²) in [5.41, 5.74) is 0. The summed E-state index contributed by atoms with van der Waals surface area (Å²) in [4.78, 5) is 25.7. The maximum atomic E-state index is 13.0. The number of likely N-dealkylation sites (N-methyl/N-ethyl adjacent to an activating group) is 1. The Balaban J connectivity index is 4.12. The fourth-order valence-corrected chi connectivity index (χ4v) is 10.9. The Morgan fingerprint density at radius 2 is 0.735 bits per heavy atom. The predicted molar refractivity (Wildman–Crippen MR) is 362 cm³/mol. The molecule has 0 saturated heterocycles. The summed E-state index contributed by atoms with van der Waals surface area (Å²) in [7, 11) is 1.28. The third-order valence-electron chi connectivity index (χ3n) is 15.6. The third-order valence-corrected chi connectivity index (χ3v) is 16.6. The number of hydrogen-bond acceptors (Lipinski definition) is 6. The molecule has 0 rings (SSSR count). The number of aliphatic hydroxyl groups excluding tert-OH is 1. The van der Waals surface area contributed by atoms with Gasteiger partial charge in [0.25, 0.3) is 7.82 Å². The largest absolute Gasteiger partial charge is 0.756 e. The molecule has 0 bridgehead atoms. The zero-order valence-electron chi connectivity index (χ0n) is 55.1. The van der Waals surface area contributed by atoms with Gasteiger partial charge in [-0.3, -0.25) is 9.36 Å². The lowest BCUT2D eigenvalue weighted by atomic mass is 10.0. The number of unbranched alkanes of at least 4 members (excludes halogenated alkanes) is 35. The fraction of sp³-hybridized carbons (Fsp3) is 0.770. The maximum absolute atomic E-state index is 13.0. The van der Waals surface area contributed by atoms with Crippen molar-refractivity contribution in [2.45, 2.75) is 328 Å². The van der Waals surface area contributed by atoms with Gasteiger partial charge < -0.3 is 28.8 Å². The van der Waals surface area contributed by atoms with Crippen molar-refractivity contribution in [2.75, 3.05) is 40.9 Å². The number of rotatable bonds is 64. The van der Waals surface area contributed by atoms with Crippen LogP contribution in [0.25, 0.3) is 0 Å². The Kier molecular flexibility index (Phi) is 61.9. The van der Waals surface area contributed by atoms with Crippen LogP contribution in [-0.4, -0.2) is 68.5 Å². The van der Waals surface area contributed by atoms with E-state index >= 15 is 0 Å². The smallest absolute Gasteiger partial charge is 0.268 e. The van der Waals surface area contributed by atoms with Crippen molar-refractivity contribution in [3.63, 3.8) is 0 Å². The molecule has 1 amide bonds. The van der Waals surface area contributed by atoms with Crippen LogP contribution in [0.15, 0.2) is 97.2 Å². The number of carbonyl (C=O) groups excluding carboxylic acids is 1. The molecule has 9 heteroatoms. The van der Waals surface area contributed by atoms with E-state index in [1.54, 1.807) is 0 Å². The van der Waals surface area contributed by atoms with Crippen molar-refractivity contribution in [3.05, 3.63) is 97.2 Å². The van der Waals surface area contributed by atoms with Gasteiger partial charge >= 0.3 is 0 Å². The summed E-state index contributed by atoms with van der Waals surface area (Å²) in [5, 5.41) is 14.1. The normalized spacial score (nSPS) is 14.3. The summed E-state index contributed by atoms with van der Waals surface area (Å²) in [6, 6.07) is -0.824. The molecule has 0 aromatic rings. The first-order valence-corrected chi connectivity index (χ1v) is 36.5. The molecule has 0 aromatic carbocycles. The standard InChI is InChI=1S/C74H135N2O6P/c1-6-8-10-12-14-16-18-20-22-24-26-28-30-32-34-36-37-38-40-41-43-45-47-49-51-53-55-57-59-61-63-65-67-73(77)72(71-82-83(79,80)81-70-69-76(3,4)5)75-74(78)68-66-64-62-60-58-56-54-52-50-48-46-44-42-39-35-33-31-29-27-25-23-21-19-17-15-13-11-9-7-2/h9,11,15,17,21,23,27,29,33,35,42,44,48,50,54,56,72-73,77H,6-8,10,12-14,16,18-20,22,24-26,28,30-32,34,36-41,43,45-47,49,51-53,55,57-71H2,1-5H3,(H-,75,78,79,80)/b11-9-,17-15-,23-21-,29-27-,35-33-,44-42-,50-48-,56-54-. The van der Waals surface area contributed by atoms with E-state index in [4.69, 9.17) is 9.05 Å². The first kappa shape index (κ1) is 80.4. The summed E-state index contributed by atoms with van der Waals surface area (Å²) in [5.74, 6) is -0.189. The molecule has 0 spiro atoms. The van der Waals surface area contributed by atoms with E-state index in [1.807, 2.05) is 21.1 Å². The number of aliphatic hydroxyl groups is 1. The molecule has 8 nitrogen and oxygen atoms in total. The number of phosphoric acid groups is 1. The van der Waals surface area contributed by atoms with Crippen molar-refractivity contribution in [1.82, 2.24) is 5.32 Å². The minimum atomic E-state index is -4.60. The molecule has 3 atom stereocenters. The van der Waals surface area contributed by atoms with Crippen LogP contribution in [0.2, 0.25) is 0 Å². The molecule has 0 fully saturated rings. The van der Waals surface area contributed by atoms with E-state index in [1.165, 1.54) is 186 Å². The van der Waals surface area contributed by atoms with E-state index in [9.17, 15) is 19.4 Å². The molecule has 3 unspecified atom stereocenters. The van der Waals surface area contributed by atoms with Crippen LogP contribution in [0.1, 0.15) is 316 Å². The Labute approximate surface area is 515 Å². The zero-order chi connectivity index (χ0) is 60.5. The first-order valence-electron chi connectivity index (χ1n) is 35.1. The van der Waals surface area contributed by atoms with Gasteiger partial charge in [-0.05, 0) is 77.0 Å². The lowest BCUT2D eigenvalue weighted by Gasteiger charge is -2.30. The highest BCUT2D eigenvalue weighted by atomic mass is 31.2. The lowest BCUT2D eigenvalue weighted by molar-refractivity contribution is -0.870. The second-order valence-electron chi connectivity index (χ2n) is 24.9. The van der Waals surface area contributed by atoms with Gasteiger partial charge in [-0.1, -0.05) is 329 Å². The highest BCUT2D eigenvalue weighted by Crippen LogP contribution is 2.38. The van der Waals surface area contributed by atoms with Gasteiger partial charge in [0, 0.05) is 6.42 Å². The van der Waals surface area contributed by atoms with Crippen molar-refractivity contribution < 1.29 is 32.9 Å². The van der Waals surface area contributed by atoms with Crippen LogP contribution in [-0.2, 0) is 18.4 Å². The topological polar surface area (TPSA) is 108 Å². The number of allylic oxidation sites excluding steroid dienone is 16. The predicted octanol–water partition coefficient (Wildman–Crippen LogP) is 21.9. The van der Waals surface area contributed by atoms with Crippen LogP contribution >= 0.6 is 7.82 Å². The Hall–Kier alpha value is -2.58. The number of hydrogen-bond donors (Lipinski definition) is 2. The molecule has 0 aromatic heterocycles. The Morgan fingerprint density at radius 1 is 0.434 bits per heavy atom. The molecule has 2 N–H and O–H groups in total. The summed E-state index contributed by atoms with van der Waals surface area (Å²) >= 11 is 0. The zero-order valence-corrected chi connectivity index (χ0v) is 56.0. The first-order chi connectivity index (χ1) is 40.5. The second-order valence-corrected chi connectivity index (χ2v) is 26.3.